The average Bonchev–Trinajstić information content (AvgIpc) is 3.57. The number of unbranched alkanes of at least 4 members (excludes halogenated alkanes) is 2. The lowest BCUT2D eigenvalue weighted by atomic mass is 10.0. The van der Waals surface area contributed by atoms with E-state index in [0.717, 1.165) is 58.3 Å². The van der Waals surface area contributed by atoms with E-state index in [1.807, 2.05) is 23.0 Å². The number of rotatable bonds is 10. The molecule has 0 fully saturated rings. The second-order valence-electron chi connectivity index (χ2n) is 12.6. The van der Waals surface area contributed by atoms with E-state index in [0.29, 0.717) is 0 Å². The zero-order chi connectivity index (χ0) is 32.5. The van der Waals surface area contributed by atoms with E-state index in [1.165, 1.54) is 57.9 Å². The molecule has 3 heterocycles. The van der Waals surface area contributed by atoms with Crippen LogP contribution in [0.4, 0.5) is 0 Å². The molecule has 236 valence electrons. The minimum Gasteiger partial charge on any atom is -0.457 e. The zero-order valence-corrected chi connectivity index (χ0v) is 28.0. The first-order valence-electron chi connectivity index (χ1n) is 16.9. The molecule has 0 aliphatic heterocycles. The first-order valence-corrected chi connectivity index (χ1v) is 16.9. The van der Waals surface area contributed by atoms with Gasteiger partial charge >= 0.3 is 0 Å². The Balaban J connectivity index is 1.31. The molecular weight excluding hydrogens is 576 g/mol. The summed E-state index contributed by atoms with van der Waals surface area (Å²) in [5, 5.41) is 7.43. The molecule has 0 bridgehead atoms. The molecule has 7 aromatic rings. The van der Waals surface area contributed by atoms with Crippen molar-refractivity contribution in [2.75, 3.05) is 0 Å². The molecule has 5 nitrogen and oxygen atoms in total. The number of fused-ring (bicyclic) bond motifs is 3. The van der Waals surface area contributed by atoms with Gasteiger partial charge in [-0.3, -0.25) is 4.57 Å². The SMILES string of the molecule is CCCCCc1ccc2c(c1)c1ccc(Oc3cc(CC)cc(-n4nc(C)c(-c5ccccc5)c4C)c3)cc1n2-c1cc(C)ccn1. The van der Waals surface area contributed by atoms with Crippen molar-refractivity contribution in [2.45, 2.75) is 66.7 Å². The summed E-state index contributed by atoms with van der Waals surface area (Å²) in [5.41, 5.74) is 11.5. The summed E-state index contributed by atoms with van der Waals surface area (Å²) >= 11 is 0. The Bertz CT molecular complexity index is 2210. The Morgan fingerprint density at radius 2 is 1.55 bits per heavy atom. The topological polar surface area (TPSA) is 44.9 Å². The van der Waals surface area contributed by atoms with E-state index >= 15 is 0 Å². The van der Waals surface area contributed by atoms with Gasteiger partial charge in [0.1, 0.15) is 17.3 Å². The smallest absolute Gasteiger partial charge is 0.137 e. The second kappa shape index (κ2) is 12.9. The van der Waals surface area contributed by atoms with Gasteiger partial charge in [0, 0.05) is 40.4 Å². The van der Waals surface area contributed by atoms with Crippen LogP contribution in [0, 0.1) is 20.8 Å². The summed E-state index contributed by atoms with van der Waals surface area (Å²) in [4.78, 5) is 4.80. The van der Waals surface area contributed by atoms with E-state index in [-0.39, 0.29) is 0 Å². The van der Waals surface area contributed by atoms with Gasteiger partial charge < -0.3 is 4.74 Å². The number of aromatic nitrogens is 4. The van der Waals surface area contributed by atoms with Crippen LogP contribution in [-0.4, -0.2) is 19.3 Å². The summed E-state index contributed by atoms with van der Waals surface area (Å²) in [7, 11) is 0. The highest BCUT2D eigenvalue weighted by Crippen LogP contribution is 2.37. The number of ether oxygens (including phenoxy) is 1. The highest BCUT2D eigenvalue weighted by molar-refractivity contribution is 6.09. The van der Waals surface area contributed by atoms with Crippen molar-refractivity contribution in [3.05, 3.63) is 131 Å². The molecule has 0 saturated heterocycles. The molecule has 47 heavy (non-hydrogen) atoms. The fourth-order valence-electron chi connectivity index (χ4n) is 6.82. The minimum absolute atomic E-state index is 0.787. The quantitative estimate of drug-likeness (QED) is 0.143. The largest absolute Gasteiger partial charge is 0.457 e. The van der Waals surface area contributed by atoms with Crippen LogP contribution >= 0.6 is 0 Å². The fourth-order valence-corrected chi connectivity index (χ4v) is 6.82. The van der Waals surface area contributed by atoms with Gasteiger partial charge in [0.15, 0.2) is 0 Å². The molecule has 0 unspecified atom stereocenters. The molecule has 0 aliphatic carbocycles. The van der Waals surface area contributed by atoms with E-state index in [4.69, 9.17) is 14.8 Å². The maximum atomic E-state index is 6.68. The summed E-state index contributed by atoms with van der Waals surface area (Å²) in [6.07, 6.45) is 7.56. The summed E-state index contributed by atoms with van der Waals surface area (Å²) in [5.74, 6) is 2.49. The van der Waals surface area contributed by atoms with Crippen LogP contribution < -0.4 is 4.74 Å². The van der Waals surface area contributed by atoms with Crippen molar-refractivity contribution in [3.63, 3.8) is 0 Å². The van der Waals surface area contributed by atoms with Crippen molar-refractivity contribution in [1.29, 1.82) is 0 Å². The van der Waals surface area contributed by atoms with Crippen LogP contribution in [0.5, 0.6) is 11.5 Å². The number of pyridine rings is 1. The molecule has 0 aliphatic rings. The Labute approximate surface area is 277 Å². The van der Waals surface area contributed by atoms with Gasteiger partial charge in [-0.15, -0.1) is 0 Å². The van der Waals surface area contributed by atoms with Gasteiger partial charge in [0.05, 0.1) is 22.4 Å². The number of benzene rings is 4. The van der Waals surface area contributed by atoms with Crippen LogP contribution in [-0.2, 0) is 12.8 Å². The van der Waals surface area contributed by atoms with Gasteiger partial charge in [-0.25, -0.2) is 9.67 Å². The van der Waals surface area contributed by atoms with E-state index < -0.39 is 0 Å². The number of hydrogen-bond donors (Lipinski definition) is 0. The van der Waals surface area contributed by atoms with Crippen LogP contribution in [0.25, 0.3) is 44.4 Å². The highest BCUT2D eigenvalue weighted by Gasteiger charge is 2.18. The van der Waals surface area contributed by atoms with Crippen molar-refractivity contribution in [2.24, 2.45) is 0 Å². The van der Waals surface area contributed by atoms with Gasteiger partial charge in [-0.2, -0.15) is 5.10 Å². The maximum Gasteiger partial charge on any atom is 0.137 e. The molecular formula is C42H42N4O. The predicted molar refractivity (Wildman–Crippen MR) is 194 cm³/mol. The van der Waals surface area contributed by atoms with E-state index in [9.17, 15) is 0 Å². The Hall–Kier alpha value is -5.16. The molecule has 0 radical (unpaired) electrons. The molecule has 7 rings (SSSR count). The Morgan fingerprint density at radius 3 is 2.34 bits per heavy atom. The van der Waals surface area contributed by atoms with Crippen LogP contribution in [0.3, 0.4) is 0 Å². The number of hydrogen-bond acceptors (Lipinski definition) is 3. The average molecular weight is 619 g/mol. The molecule has 0 N–H and O–H groups in total. The first-order chi connectivity index (χ1) is 22.9. The minimum atomic E-state index is 0.787. The summed E-state index contributed by atoms with van der Waals surface area (Å²) in [6.45, 7) is 10.8. The van der Waals surface area contributed by atoms with Crippen LogP contribution in [0.15, 0.2) is 103 Å². The van der Waals surface area contributed by atoms with Crippen molar-refractivity contribution in [1.82, 2.24) is 19.3 Å². The zero-order valence-electron chi connectivity index (χ0n) is 28.0. The third kappa shape index (κ3) is 5.94. The number of aryl methyl sites for hydroxylation is 4. The van der Waals surface area contributed by atoms with Crippen molar-refractivity contribution < 1.29 is 4.74 Å². The Kier molecular flexibility index (Phi) is 8.38. The van der Waals surface area contributed by atoms with Crippen molar-refractivity contribution in [3.8, 4) is 34.1 Å². The van der Waals surface area contributed by atoms with Crippen LogP contribution in [0.2, 0.25) is 0 Å². The van der Waals surface area contributed by atoms with Gasteiger partial charge in [-0.1, -0.05) is 63.1 Å². The standard InChI is InChI=1S/C42H42N4O/c1-6-8-10-13-32-16-19-39-38(25-32)37-18-17-35(27-40(37)45(39)41-22-28(3)20-21-43-41)47-36-24-31(7-2)23-34(26-36)46-30(5)42(29(4)44-46)33-14-11-9-12-15-33/h9,11-12,14-27H,6-8,10,13H2,1-5H3. The second-order valence-corrected chi connectivity index (χ2v) is 12.6. The Morgan fingerprint density at radius 1 is 0.702 bits per heavy atom. The lowest BCUT2D eigenvalue weighted by molar-refractivity contribution is 0.482. The number of nitrogens with zero attached hydrogens (tertiary/aromatic N) is 4. The molecule has 3 aromatic heterocycles. The van der Waals surface area contributed by atoms with E-state index in [2.05, 4.69) is 124 Å². The molecule has 0 saturated carbocycles. The molecule has 0 amide bonds. The molecule has 5 heteroatoms. The molecule has 4 aromatic carbocycles. The van der Waals surface area contributed by atoms with Gasteiger partial charge in [0.25, 0.3) is 0 Å². The van der Waals surface area contributed by atoms with Crippen LogP contribution in [0.1, 0.15) is 61.2 Å². The van der Waals surface area contributed by atoms with Gasteiger partial charge in [-0.05, 0) is 111 Å². The van der Waals surface area contributed by atoms with E-state index in [1.54, 1.807) is 0 Å². The lowest BCUT2D eigenvalue weighted by Gasteiger charge is -2.13. The van der Waals surface area contributed by atoms with Crippen molar-refractivity contribution >= 4 is 21.8 Å². The monoisotopic (exact) mass is 618 g/mol. The molecule has 0 atom stereocenters. The predicted octanol–water partition coefficient (Wildman–Crippen LogP) is 11.0. The normalized spacial score (nSPS) is 11.5. The molecule has 0 spiro atoms. The highest BCUT2D eigenvalue weighted by atomic mass is 16.5. The third-order valence-electron chi connectivity index (χ3n) is 9.19. The fraction of sp³-hybridized carbons (Fsp3) is 0.238. The summed E-state index contributed by atoms with van der Waals surface area (Å²) < 4.78 is 11.0. The van der Waals surface area contributed by atoms with Gasteiger partial charge in [0.2, 0.25) is 0 Å². The summed E-state index contributed by atoms with van der Waals surface area (Å²) in [6, 6.07) is 34.5. The third-order valence-corrected chi connectivity index (χ3v) is 9.19. The lowest BCUT2D eigenvalue weighted by Crippen LogP contribution is -2.01. The maximum absolute atomic E-state index is 6.68. The first kappa shape index (κ1) is 30.5.